The molecule has 0 saturated carbocycles. The van der Waals surface area contributed by atoms with Gasteiger partial charge in [-0.05, 0) is 119 Å². The molecular weight excluding hydrogens is 675 g/mol. The minimum Gasteiger partial charge on any atom is -0.399 e. The van der Waals surface area contributed by atoms with Crippen LogP contribution in [0.4, 0.5) is 11.4 Å². The van der Waals surface area contributed by atoms with Crippen LogP contribution in [0.1, 0.15) is 110 Å². The third kappa shape index (κ3) is 10.3. The first kappa shape index (κ1) is 38.1. The van der Waals surface area contributed by atoms with Crippen LogP contribution in [0.25, 0.3) is 0 Å². The van der Waals surface area contributed by atoms with Crippen LogP contribution in [0, 0.1) is 27.7 Å². The Hall–Kier alpha value is -4.09. The van der Waals surface area contributed by atoms with Gasteiger partial charge in [0, 0.05) is 69.1 Å². The molecule has 2 saturated heterocycles. The zero-order chi connectivity index (χ0) is 36.5. The number of hydrogen-bond donors (Lipinski definition) is 1. The van der Waals surface area contributed by atoms with E-state index < -0.39 is 0 Å². The molecule has 4 heterocycles. The number of rotatable bonds is 9. The fourth-order valence-electron chi connectivity index (χ4n) is 6.35. The lowest BCUT2D eigenvalue weighted by atomic mass is 10.0. The van der Waals surface area contributed by atoms with Crippen molar-refractivity contribution in [2.45, 2.75) is 86.0 Å². The number of aromatic nitrogens is 2. The van der Waals surface area contributed by atoms with Gasteiger partial charge in [0.15, 0.2) is 0 Å². The van der Waals surface area contributed by atoms with Gasteiger partial charge in [0.1, 0.15) is 11.4 Å². The smallest absolute Gasteiger partial charge is 0.273 e. The van der Waals surface area contributed by atoms with Crippen LogP contribution < -0.4 is 5.73 Å². The molecule has 51 heavy (non-hydrogen) atoms. The molecule has 4 aromatic rings. The number of hydrogen-bond acceptors (Lipinski definition) is 8. The number of nitrogens with two attached hydrogens (primary N) is 1. The number of carbonyl (C=O) groups is 2. The highest BCUT2D eigenvalue weighted by atomic mass is 32.1. The zero-order valence-electron chi connectivity index (χ0n) is 31.1. The Bertz CT molecular complexity index is 1830. The summed E-state index contributed by atoms with van der Waals surface area (Å²) < 4.78 is 0. The molecule has 2 aromatic carbocycles. The topological polar surface area (TPSA) is 108 Å². The fourth-order valence-corrected chi connectivity index (χ4v) is 7.93. The maximum Gasteiger partial charge on any atom is 0.273 e. The van der Waals surface area contributed by atoms with Gasteiger partial charge in [-0.2, -0.15) is 0 Å². The number of nitrogen functional groups attached to an aromatic ring is 1. The minimum atomic E-state index is 0.0809. The molecule has 0 spiro atoms. The number of amides is 2. The molecule has 0 atom stereocenters. The van der Waals surface area contributed by atoms with Crippen LogP contribution in [0.3, 0.4) is 0 Å². The molecule has 2 aliphatic heterocycles. The van der Waals surface area contributed by atoms with Crippen LogP contribution in [0.15, 0.2) is 40.0 Å². The third-order valence-electron chi connectivity index (χ3n) is 9.78. The number of anilines is 1. The van der Waals surface area contributed by atoms with Crippen molar-refractivity contribution >= 4 is 52.2 Å². The summed E-state index contributed by atoms with van der Waals surface area (Å²) in [5.41, 5.74) is 16.1. The van der Waals surface area contributed by atoms with E-state index in [-0.39, 0.29) is 11.8 Å². The first-order valence-electron chi connectivity index (χ1n) is 18.2. The van der Waals surface area contributed by atoms with Crippen molar-refractivity contribution in [3.63, 3.8) is 0 Å². The average molecular weight is 728 g/mol. The lowest BCUT2D eigenvalue weighted by Gasteiger charge is -2.25. The number of thiazole rings is 2. The molecule has 2 aliphatic rings. The Morgan fingerprint density at radius 2 is 1.22 bits per heavy atom. The summed E-state index contributed by atoms with van der Waals surface area (Å²) in [6, 6.07) is 8.47. The number of likely N-dealkylation sites (tertiary alicyclic amines) is 2. The van der Waals surface area contributed by atoms with Crippen LogP contribution in [0.5, 0.6) is 0 Å². The first-order valence-corrected chi connectivity index (χ1v) is 20.0. The monoisotopic (exact) mass is 727 g/mol. The average Bonchev–Trinajstić information content (AvgIpc) is 3.82. The third-order valence-corrected chi connectivity index (χ3v) is 11.5. The van der Waals surface area contributed by atoms with Crippen LogP contribution in [-0.4, -0.2) is 82.6 Å². The van der Waals surface area contributed by atoms with E-state index in [4.69, 9.17) is 5.73 Å². The lowest BCUT2D eigenvalue weighted by molar-refractivity contribution is 0.0712. The van der Waals surface area contributed by atoms with E-state index in [2.05, 4.69) is 65.8 Å². The van der Waals surface area contributed by atoms with E-state index in [1.807, 2.05) is 46.9 Å². The largest absolute Gasteiger partial charge is 0.399 e. The van der Waals surface area contributed by atoms with Gasteiger partial charge in [-0.3, -0.25) is 9.59 Å². The molecule has 0 bridgehead atoms. The second kappa shape index (κ2) is 17.9. The number of piperidine rings is 2. The molecule has 11 heteroatoms. The summed E-state index contributed by atoms with van der Waals surface area (Å²) >= 11 is 3.14. The highest BCUT2D eigenvalue weighted by Crippen LogP contribution is 2.27. The summed E-state index contributed by atoms with van der Waals surface area (Å²) in [7, 11) is 2.02. The Morgan fingerprint density at radius 1 is 0.745 bits per heavy atom. The molecule has 9 nitrogen and oxygen atoms in total. The van der Waals surface area contributed by atoms with Gasteiger partial charge < -0.3 is 20.4 Å². The van der Waals surface area contributed by atoms with E-state index >= 15 is 0 Å². The van der Waals surface area contributed by atoms with Gasteiger partial charge in [-0.1, -0.05) is 12.1 Å². The molecule has 2 aromatic heterocycles. The number of nitrogens with zero attached hydrogens (tertiary/aromatic N) is 6. The van der Waals surface area contributed by atoms with Crippen LogP contribution >= 0.6 is 22.7 Å². The van der Waals surface area contributed by atoms with Crippen molar-refractivity contribution in [1.29, 1.82) is 0 Å². The van der Waals surface area contributed by atoms with Crippen LogP contribution in [-0.2, 0) is 12.8 Å². The van der Waals surface area contributed by atoms with E-state index in [0.29, 0.717) is 11.4 Å². The van der Waals surface area contributed by atoms with Gasteiger partial charge in [0.25, 0.3) is 11.8 Å². The van der Waals surface area contributed by atoms with Gasteiger partial charge in [-0.15, -0.1) is 22.7 Å². The van der Waals surface area contributed by atoms with E-state index in [9.17, 15) is 9.59 Å². The van der Waals surface area contributed by atoms with Crippen molar-refractivity contribution in [2.75, 3.05) is 45.5 Å². The summed E-state index contributed by atoms with van der Waals surface area (Å²) in [5.74, 6) is 0.164. The normalized spacial score (nSPS) is 14.8. The molecule has 2 amide bonds. The number of benzene rings is 2. The zero-order valence-corrected chi connectivity index (χ0v) is 32.8. The molecule has 272 valence electrons. The van der Waals surface area contributed by atoms with Crippen molar-refractivity contribution < 1.29 is 9.59 Å². The van der Waals surface area contributed by atoms with Crippen molar-refractivity contribution in [3.8, 4) is 0 Å². The van der Waals surface area contributed by atoms with E-state index in [1.165, 1.54) is 35.1 Å². The lowest BCUT2D eigenvalue weighted by Crippen LogP contribution is -2.35. The number of aliphatic imine (C=N–C) groups is 1. The molecular formula is C40H53N7O2S2. The summed E-state index contributed by atoms with van der Waals surface area (Å²) in [5, 5.41) is 5.78. The summed E-state index contributed by atoms with van der Waals surface area (Å²) in [4.78, 5) is 44.9. The standard InChI is InChI=1S/C22H30N4OS.C18H23N3OS/c1-5-25(4)15-23-19-12-16(2)18(11-17(19)3)13-21-24-20(14-28-21)22(27)26-9-7-6-8-10-26;1-12-9-15(19)13(2)8-14(12)10-17-20-16(11-23-17)18(22)21-6-4-3-5-7-21/h11-12,14-15H,5-10,13H2,1-4H3;8-9,11H,3-7,10,19H2,1-2H3. The Morgan fingerprint density at radius 3 is 1.71 bits per heavy atom. The predicted octanol–water partition coefficient (Wildman–Crippen LogP) is 8.15. The van der Waals surface area contributed by atoms with Crippen LogP contribution in [0.2, 0.25) is 0 Å². The van der Waals surface area contributed by atoms with Gasteiger partial charge >= 0.3 is 0 Å². The quantitative estimate of drug-likeness (QED) is 0.106. The molecule has 0 aliphatic carbocycles. The second-order valence-corrected chi connectivity index (χ2v) is 15.7. The maximum absolute atomic E-state index is 12.6. The Labute approximate surface area is 311 Å². The first-order chi connectivity index (χ1) is 24.5. The van der Waals surface area contributed by atoms with E-state index in [0.717, 1.165) is 104 Å². The van der Waals surface area contributed by atoms with Gasteiger partial charge in [0.2, 0.25) is 0 Å². The van der Waals surface area contributed by atoms with Crippen molar-refractivity contribution in [1.82, 2.24) is 24.7 Å². The highest BCUT2D eigenvalue weighted by molar-refractivity contribution is 7.10. The van der Waals surface area contributed by atoms with E-state index in [1.54, 1.807) is 22.7 Å². The summed E-state index contributed by atoms with van der Waals surface area (Å²) in [6.45, 7) is 14.8. The molecule has 0 unspecified atom stereocenters. The van der Waals surface area contributed by atoms with Gasteiger partial charge in [-0.25, -0.2) is 15.0 Å². The minimum absolute atomic E-state index is 0.0809. The molecule has 0 radical (unpaired) electrons. The van der Waals surface area contributed by atoms with Crippen molar-refractivity contribution in [3.05, 3.63) is 89.8 Å². The second-order valence-electron chi connectivity index (χ2n) is 13.8. The number of carbonyl (C=O) groups excluding carboxylic acids is 2. The Balaban J connectivity index is 0.000000201. The maximum atomic E-state index is 12.6. The molecule has 2 N–H and O–H groups in total. The SMILES string of the molecule is CCN(C)C=Nc1cc(C)c(Cc2nc(C(=O)N3CCCCC3)cs2)cc1C.Cc1cc(Cc2nc(C(=O)N3CCCCC3)cs2)c(C)cc1N. The molecule has 6 rings (SSSR count). The summed E-state index contributed by atoms with van der Waals surface area (Å²) in [6.07, 6.45) is 10.2. The Kier molecular flexibility index (Phi) is 13.4. The predicted molar refractivity (Wildman–Crippen MR) is 212 cm³/mol. The highest BCUT2D eigenvalue weighted by Gasteiger charge is 2.22. The van der Waals surface area contributed by atoms with Gasteiger partial charge in [0.05, 0.1) is 22.0 Å². The molecule has 2 fully saturated rings. The van der Waals surface area contributed by atoms with Crippen molar-refractivity contribution in [2.24, 2.45) is 4.99 Å². The number of aryl methyl sites for hydroxylation is 4. The fraction of sp³-hybridized carbons (Fsp3) is 0.475.